The number of thiophene rings is 1. The van der Waals surface area contributed by atoms with Crippen molar-refractivity contribution >= 4 is 17.4 Å². The summed E-state index contributed by atoms with van der Waals surface area (Å²) in [5.74, 6) is 0. The van der Waals surface area contributed by atoms with Crippen molar-refractivity contribution in [1.29, 1.82) is 0 Å². The minimum atomic E-state index is -0.671. The van der Waals surface area contributed by atoms with E-state index in [9.17, 15) is 9.90 Å². The van der Waals surface area contributed by atoms with Crippen molar-refractivity contribution in [3.05, 3.63) is 40.3 Å². The van der Waals surface area contributed by atoms with Crippen molar-refractivity contribution in [1.82, 2.24) is 20.4 Å². The van der Waals surface area contributed by atoms with Gasteiger partial charge < -0.3 is 15.7 Å². The first-order valence-electron chi connectivity index (χ1n) is 5.84. The highest BCUT2D eigenvalue weighted by molar-refractivity contribution is 7.07. The average molecular weight is 280 g/mol. The largest absolute Gasteiger partial charge is 0.387 e. The Kier molecular flexibility index (Phi) is 4.53. The van der Waals surface area contributed by atoms with Crippen LogP contribution >= 0.6 is 11.3 Å². The van der Waals surface area contributed by atoms with E-state index in [0.717, 1.165) is 11.1 Å². The van der Waals surface area contributed by atoms with E-state index in [0.29, 0.717) is 6.54 Å². The number of amides is 2. The number of hydrogen-bond donors (Lipinski definition) is 3. The number of aromatic nitrogens is 2. The Morgan fingerprint density at radius 3 is 3.05 bits per heavy atom. The highest BCUT2D eigenvalue weighted by Crippen LogP contribution is 2.14. The lowest BCUT2D eigenvalue weighted by atomic mass is 10.2. The molecule has 0 aliphatic carbocycles. The van der Waals surface area contributed by atoms with Crippen LogP contribution in [0.5, 0.6) is 0 Å². The summed E-state index contributed by atoms with van der Waals surface area (Å²) in [5, 5.41) is 22.9. The second-order valence-corrected chi connectivity index (χ2v) is 4.94. The smallest absolute Gasteiger partial charge is 0.315 e. The predicted molar refractivity (Wildman–Crippen MR) is 72.7 cm³/mol. The summed E-state index contributed by atoms with van der Waals surface area (Å²) in [7, 11) is 1.82. The van der Waals surface area contributed by atoms with Gasteiger partial charge in [0.15, 0.2) is 0 Å². The maximum Gasteiger partial charge on any atom is 0.315 e. The number of carbonyl (C=O) groups is 1. The molecule has 2 heterocycles. The summed E-state index contributed by atoms with van der Waals surface area (Å²) < 4.78 is 1.68. The third-order valence-corrected chi connectivity index (χ3v) is 3.30. The molecule has 3 N–H and O–H groups in total. The van der Waals surface area contributed by atoms with Crippen LogP contribution in [-0.4, -0.2) is 27.5 Å². The first kappa shape index (κ1) is 13.6. The standard InChI is InChI=1S/C12H16N4O2S/c1-16-7-9(5-15-16)4-13-12(18)14-6-11(17)10-2-3-19-8-10/h2-3,5,7-8,11,17H,4,6H2,1H3,(H2,13,14,18). The molecule has 1 atom stereocenters. The van der Waals surface area contributed by atoms with Gasteiger partial charge in [-0.1, -0.05) is 0 Å². The molecular weight excluding hydrogens is 264 g/mol. The molecule has 0 aliphatic rings. The first-order valence-corrected chi connectivity index (χ1v) is 6.79. The molecular formula is C12H16N4O2S. The molecule has 0 fully saturated rings. The summed E-state index contributed by atoms with van der Waals surface area (Å²) in [4.78, 5) is 11.5. The summed E-state index contributed by atoms with van der Waals surface area (Å²) in [6.07, 6.45) is 2.86. The Morgan fingerprint density at radius 2 is 2.42 bits per heavy atom. The van der Waals surface area contributed by atoms with Crippen molar-refractivity contribution in [3.8, 4) is 0 Å². The van der Waals surface area contributed by atoms with Crippen molar-refractivity contribution in [2.75, 3.05) is 6.54 Å². The molecule has 2 rings (SSSR count). The van der Waals surface area contributed by atoms with Gasteiger partial charge in [-0.05, 0) is 22.4 Å². The van der Waals surface area contributed by atoms with Crippen molar-refractivity contribution in [2.24, 2.45) is 7.05 Å². The number of rotatable bonds is 5. The fourth-order valence-corrected chi connectivity index (χ4v) is 2.29. The second-order valence-electron chi connectivity index (χ2n) is 4.16. The van der Waals surface area contributed by atoms with Gasteiger partial charge >= 0.3 is 6.03 Å². The number of urea groups is 1. The number of nitrogens with one attached hydrogen (secondary N) is 2. The molecule has 0 saturated carbocycles. The van der Waals surface area contributed by atoms with Gasteiger partial charge in [-0.3, -0.25) is 4.68 Å². The van der Waals surface area contributed by atoms with Crippen LogP contribution < -0.4 is 10.6 Å². The van der Waals surface area contributed by atoms with E-state index in [4.69, 9.17) is 0 Å². The maximum atomic E-state index is 11.5. The molecule has 0 saturated heterocycles. The second kappa shape index (κ2) is 6.35. The van der Waals surface area contributed by atoms with Gasteiger partial charge in [-0.2, -0.15) is 16.4 Å². The average Bonchev–Trinajstić information content (AvgIpc) is 3.04. The van der Waals surface area contributed by atoms with Gasteiger partial charge in [0.05, 0.1) is 12.3 Å². The van der Waals surface area contributed by atoms with Crippen LogP contribution in [-0.2, 0) is 13.6 Å². The van der Waals surface area contributed by atoms with Crippen molar-refractivity contribution < 1.29 is 9.90 Å². The Hall–Kier alpha value is -1.86. The molecule has 0 radical (unpaired) electrons. The number of aliphatic hydroxyl groups excluding tert-OH is 1. The lowest BCUT2D eigenvalue weighted by molar-refractivity contribution is 0.173. The first-order chi connectivity index (χ1) is 9.15. The SMILES string of the molecule is Cn1cc(CNC(=O)NCC(O)c2ccsc2)cn1. The highest BCUT2D eigenvalue weighted by atomic mass is 32.1. The molecule has 2 aromatic rings. The Balaban J connectivity index is 1.70. The number of nitrogens with zero attached hydrogens (tertiary/aromatic N) is 2. The minimum Gasteiger partial charge on any atom is -0.387 e. The molecule has 1 unspecified atom stereocenters. The van der Waals surface area contributed by atoms with E-state index in [2.05, 4.69) is 15.7 Å². The van der Waals surface area contributed by atoms with E-state index in [1.807, 2.05) is 30.1 Å². The highest BCUT2D eigenvalue weighted by Gasteiger charge is 2.09. The number of hydrogen-bond acceptors (Lipinski definition) is 4. The maximum absolute atomic E-state index is 11.5. The van der Waals surface area contributed by atoms with Gasteiger partial charge in [0, 0.05) is 31.9 Å². The number of aliphatic hydroxyl groups is 1. The van der Waals surface area contributed by atoms with E-state index >= 15 is 0 Å². The summed E-state index contributed by atoms with van der Waals surface area (Å²) in [6.45, 7) is 0.601. The molecule has 0 aliphatic heterocycles. The van der Waals surface area contributed by atoms with Gasteiger partial charge in [0.1, 0.15) is 0 Å². The quantitative estimate of drug-likeness (QED) is 0.765. The van der Waals surface area contributed by atoms with Gasteiger partial charge in [-0.15, -0.1) is 0 Å². The zero-order chi connectivity index (χ0) is 13.7. The molecule has 0 aromatic carbocycles. The fraction of sp³-hybridized carbons (Fsp3) is 0.333. The molecule has 7 heteroatoms. The van der Waals surface area contributed by atoms with Crippen LogP contribution in [0.3, 0.4) is 0 Å². The topological polar surface area (TPSA) is 79.2 Å². The Bertz CT molecular complexity index is 524. The van der Waals surface area contributed by atoms with Crippen LogP contribution in [0.2, 0.25) is 0 Å². The van der Waals surface area contributed by atoms with E-state index < -0.39 is 6.10 Å². The van der Waals surface area contributed by atoms with Crippen LogP contribution in [0.4, 0.5) is 4.79 Å². The van der Waals surface area contributed by atoms with E-state index in [1.165, 1.54) is 11.3 Å². The van der Waals surface area contributed by atoms with Crippen LogP contribution in [0, 0.1) is 0 Å². The summed E-state index contributed by atoms with van der Waals surface area (Å²) in [5.41, 5.74) is 1.74. The monoisotopic (exact) mass is 280 g/mol. The number of carbonyl (C=O) groups excluding carboxylic acids is 1. The van der Waals surface area contributed by atoms with Gasteiger partial charge in [0.25, 0.3) is 0 Å². The lowest BCUT2D eigenvalue weighted by Gasteiger charge is -2.11. The molecule has 19 heavy (non-hydrogen) atoms. The predicted octanol–water partition coefficient (Wildman–Crippen LogP) is 1.01. The normalized spacial score (nSPS) is 12.1. The van der Waals surface area contributed by atoms with Crippen molar-refractivity contribution in [2.45, 2.75) is 12.6 Å². The van der Waals surface area contributed by atoms with Gasteiger partial charge in [-0.25, -0.2) is 4.79 Å². The third kappa shape index (κ3) is 4.08. The zero-order valence-corrected chi connectivity index (χ0v) is 11.4. The fourth-order valence-electron chi connectivity index (χ4n) is 1.58. The van der Waals surface area contributed by atoms with E-state index in [1.54, 1.807) is 10.9 Å². The third-order valence-electron chi connectivity index (χ3n) is 2.60. The molecule has 0 spiro atoms. The Labute approximate surface area is 115 Å². The number of aryl methyl sites for hydroxylation is 1. The summed E-state index contributed by atoms with van der Waals surface area (Å²) >= 11 is 1.51. The Morgan fingerprint density at radius 1 is 1.58 bits per heavy atom. The van der Waals surface area contributed by atoms with Gasteiger partial charge in [0.2, 0.25) is 0 Å². The molecule has 2 amide bonds. The van der Waals surface area contributed by atoms with Crippen LogP contribution in [0.25, 0.3) is 0 Å². The van der Waals surface area contributed by atoms with Crippen LogP contribution in [0.15, 0.2) is 29.2 Å². The van der Waals surface area contributed by atoms with E-state index in [-0.39, 0.29) is 12.6 Å². The molecule has 2 aromatic heterocycles. The van der Waals surface area contributed by atoms with Crippen molar-refractivity contribution in [3.63, 3.8) is 0 Å². The zero-order valence-electron chi connectivity index (χ0n) is 10.5. The minimum absolute atomic E-state index is 0.190. The molecule has 6 nitrogen and oxygen atoms in total. The van der Waals surface area contributed by atoms with Crippen LogP contribution in [0.1, 0.15) is 17.2 Å². The lowest BCUT2D eigenvalue weighted by Crippen LogP contribution is -2.37. The molecule has 102 valence electrons. The molecule has 0 bridgehead atoms. The summed E-state index contributed by atoms with van der Waals surface area (Å²) in [6, 6.07) is 1.53.